The minimum absolute atomic E-state index is 0. The monoisotopic (exact) mass is 516 g/mol. The van der Waals surface area contributed by atoms with Crippen LogP contribution in [0.5, 0.6) is 0 Å². The van der Waals surface area contributed by atoms with Gasteiger partial charge in [0, 0.05) is 16.6 Å². The van der Waals surface area contributed by atoms with Crippen LogP contribution in [0.1, 0.15) is 38.5 Å². The number of rotatable bonds is 3. The van der Waals surface area contributed by atoms with Gasteiger partial charge in [0.1, 0.15) is 0 Å². The quantitative estimate of drug-likeness (QED) is 0.471. The van der Waals surface area contributed by atoms with E-state index in [1.165, 1.54) is 38.5 Å². The average molecular weight is 519 g/mol. The topological polar surface area (TPSA) is 0 Å². The van der Waals surface area contributed by atoms with Crippen LogP contribution in [-0.4, -0.2) is 16.6 Å². The van der Waals surface area contributed by atoms with E-state index in [-0.39, 0.29) is 48.0 Å². The van der Waals surface area contributed by atoms with E-state index in [0.29, 0.717) is 9.04 Å². The van der Waals surface area contributed by atoms with E-state index in [1.807, 2.05) is 11.1 Å². The number of hydrogen-bond donors (Lipinski definition) is 0. The first-order chi connectivity index (χ1) is 12.0. The average Bonchev–Trinajstić information content (AvgIpc) is 3.20. The maximum atomic E-state index is 2.48. The summed E-state index contributed by atoms with van der Waals surface area (Å²) in [5.74, 6) is 1.88. The van der Waals surface area contributed by atoms with Crippen LogP contribution >= 0.6 is 0 Å². The molecule has 0 nitrogen and oxygen atoms in total. The van der Waals surface area contributed by atoms with Crippen molar-refractivity contribution >= 4 is 16.6 Å². The summed E-state index contributed by atoms with van der Waals surface area (Å²) in [6, 6.07) is 0. The van der Waals surface area contributed by atoms with E-state index in [4.69, 9.17) is 0 Å². The summed E-state index contributed by atoms with van der Waals surface area (Å²) < 4.78 is 2.13. The third kappa shape index (κ3) is 7.25. The Kier molecular flexibility index (Phi) is 11.4. The van der Waals surface area contributed by atoms with Gasteiger partial charge in [0.15, 0.2) is 0 Å². The Balaban J connectivity index is 0.000000403. The van der Waals surface area contributed by atoms with Crippen molar-refractivity contribution in [3.8, 4) is 0 Å². The molecule has 0 bridgehead atoms. The summed E-state index contributed by atoms with van der Waals surface area (Å²) in [7, 11) is -0.101. The van der Waals surface area contributed by atoms with E-state index in [1.54, 1.807) is 0 Å². The molecule has 4 aliphatic carbocycles. The Labute approximate surface area is 194 Å². The predicted octanol–water partition coefficient (Wildman–Crippen LogP) is 0.285. The van der Waals surface area contributed by atoms with Crippen LogP contribution in [-0.2, 0) is 23.2 Å². The Morgan fingerprint density at radius 1 is 0.815 bits per heavy atom. The van der Waals surface area contributed by atoms with Crippen LogP contribution in [0.3, 0.4) is 0 Å². The van der Waals surface area contributed by atoms with Crippen LogP contribution in [0.2, 0.25) is 33.4 Å². The van der Waals surface area contributed by atoms with Crippen molar-refractivity contribution in [1.82, 2.24) is 0 Å². The third-order valence-corrected chi connectivity index (χ3v) is 20.0. The van der Waals surface area contributed by atoms with Gasteiger partial charge in [-0.2, -0.15) is 0 Å². The zero-order chi connectivity index (χ0) is 17.9. The third-order valence-electron chi connectivity index (χ3n) is 6.51. The fourth-order valence-corrected chi connectivity index (χ4v) is 9.84. The fraction of sp³-hybridized carbons (Fsp3) is 0.636. The molecule has 0 saturated heterocycles. The van der Waals surface area contributed by atoms with Crippen LogP contribution in [0.25, 0.3) is 0 Å². The van der Waals surface area contributed by atoms with E-state index in [2.05, 4.69) is 62.6 Å². The van der Waals surface area contributed by atoms with Crippen molar-refractivity contribution in [3.63, 3.8) is 0 Å². The first-order valence-electron chi connectivity index (χ1n) is 10.5. The van der Waals surface area contributed by atoms with Gasteiger partial charge in [0.05, 0.1) is 0 Å². The zero-order valence-electron chi connectivity index (χ0n) is 17.5. The maximum Gasteiger partial charge on any atom is 0.0307 e. The molecule has 0 radical (unpaired) electrons. The van der Waals surface area contributed by atoms with Gasteiger partial charge in [-0.1, -0.05) is 26.2 Å². The van der Waals surface area contributed by atoms with Gasteiger partial charge >= 0.3 is 128 Å². The number of halogens is 2. The smallest absolute Gasteiger partial charge is 0.0307 e. The standard InChI is InChI=1S/2C9H11.C4H14Si2.2ClH.Zr/c2*1-2-5-9-7-3-6-8(9)4-1;1-5-6(2,3)4;;;/h2*1-2,4,6,9H,3,5,7H2;5H2,1-4H3;2*1H;/q;;;;;+2/p-2. The molecule has 4 rings (SSSR count). The molecule has 0 aromatic carbocycles. The predicted molar refractivity (Wildman–Crippen MR) is 114 cm³/mol. The van der Waals surface area contributed by atoms with E-state index in [0.717, 1.165) is 19.1 Å². The molecule has 27 heavy (non-hydrogen) atoms. The van der Waals surface area contributed by atoms with Crippen molar-refractivity contribution in [1.29, 1.82) is 0 Å². The largest absolute Gasteiger partial charge is 1.00 e. The van der Waals surface area contributed by atoms with E-state index >= 15 is 0 Å². The first kappa shape index (κ1) is 25.9. The minimum Gasteiger partial charge on any atom is -1.00 e. The summed E-state index contributed by atoms with van der Waals surface area (Å²) in [5, 5.41) is 0. The van der Waals surface area contributed by atoms with Crippen LogP contribution < -0.4 is 24.8 Å². The molecule has 150 valence electrons. The van der Waals surface area contributed by atoms with Gasteiger partial charge < -0.3 is 24.8 Å². The second-order valence-electron chi connectivity index (χ2n) is 9.40. The Morgan fingerprint density at radius 3 is 1.59 bits per heavy atom. The van der Waals surface area contributed by atoms with Gasteiger partial charge in [0.2, 0.25) is 0 Å². The Hall–Kier alpha value is 0.857. The normalized spacial score (nSPS) is 30.8. The number of fused-ring (bicyclic) bond motifs is 2. The van der Waals surface area contributed by atoms with Crippen molar-refractivity contribution in [2.24, 2.45) is 11.8 Å². The fourth-order valence-electron chi connectivity index (χ4n) is 4.43. The van der Waals surface area contributed by atoms with Crippen molar-refractivity contribution in [2.45, 2.75) is 72.0 Å². The molecule has 0 aromatic rings. The molecule has 0 spiro atoms. The van der Waals surface area contributed by atoms with Gasteiger partial charge in [-0.15, -0.1) is 0 Å². The summed E-state index contributed by atoms with van der Waals surface area (Å²) in [6.07, 6.45) is 23.0. The van der Waals surface area contributed by atoms with Crippen LogP contribution in [0.4, 0.5) is 0 Å². The molecule has 0 N–H and O–H groups in total. The summed E-state index contributed by atoms with van der Waals surface area (Å²) in [5.41, 5.74) is 3.73. The molecular formula is C22H36Cl2Si2Zr. The molecular weight excluding hydrogens is 483 g/mol. The molecule has 0 amide bonds. The zero-order valence-corrected chi connectivity index (χ0v) is 23.9. The second kappa shape index (κ2) is 11.9. The molecule has 4 atom stereocenters. The second-order valence-corrected chi connectivity index (χ2v) is 28.0. The van der Waals surface area contributed by atoms with Gasteiger partial charge in [-0.05, 0) is 0 Å². The minimum atomic E-state index is -0.492. The Morgan fingerprint density at radius 2 is 1.22 bits per heavy atom. The van der Waals surface area contributed by atoms with E-state index in [9.17, 15) is 0 Å². The maximum absolute atomic E-state index is 2.48. The molecule has 2 fully saturated rings. The van der Waals surface area contributed by atoms with Crippen molar-refractivity contribution in [2.75, 3.05) is 0 Å². The van der Waals surface area contributed by atoms with Crippen LogP contribution in [0.15, 0.2) is 47.6 Å². The first-order valence-corrected chi connectivity index (χ1v) is 20.6. The van der Waals surface area contributed by atoms with Crippen molar-refractivity contribution in [3.05, 3.63) is 47.6 Å². The van der Waals surface area contributed by atoms with Gasteiger partial charge in [0.25, 0.3) is 0 Å². The number of hydrogen-bond acceptors (Lipinski definition) is 0. The molecule has 4 aliphatic rings. The summed E-state index contributed by atoms with van der Waals surface area (Å²) >= 11 is -0.287. The summed E-state index contributed by atoms with van der Waals surface area (Å²) in [4.78, 5) is 0. The molecule has 4 unspecified atom stereocenters. The molecule has 5 heteroatoms. The van der Waals surface area contributed by atoms with Crippen molar-refractivity contribution < 1.29 is 48.0 Å². The van der Waals surface area contributed by atoms with Crippen LogP contribution in [0, 0.1) is 11.8 Å². The SMILES string of the molecule is C1=CCC2CC[CH]([Zr+2][CH]3CCC4CC=CC=C43)C2=C1.C[SiH2][Si](C)(C)C.[Cl-].[Cl-]. The Bertz CT molecular complexity index is 546. The molecule has 0 heterocycles. The van der Waals surface area contributed by atoms with Gasteiger partial charge in [-0.25, -0.2) is 0 Å². The molecule has 2 saturated carbocycles. The summed E-state index contributed by atoms with van der Waals surface area (Å²) in [6.45, 7) is 9.74. The number of allylic oxidation sites excluding steroid dienone is 8. The van der Waals surface area contributed by atoms with Gasteiger partial charge in [-0.3, -0.25) is 0 Å². The molecule has 0 aliphatic heterocycles. The van der Waals surface area contributed by atoms with E-state index < -0.39 is 7.59 Å². The molecule has 0 aromatic heterocycles.